The van der Waals surface area contributed by atoms with Gasteiger partial charge in [-0.2, -0.15) is 5.10 Å². The number of aryl methyl sites for hydroxylation is 1. The van der Waals surface area contributed by atoms with Crippen molar-refractivity contribution in [1.29, 1.82) is 0 Å². The molecule has 4 aromatic rings. The summed E-state index contributed by atoms with van der Waals surface area (Å²) in [5.74, 6) is 1.64. The van der Waals surface area contributed by atoms with E-state index in [4.69, 9.17) is 0 Å². The molecule has 35 heavy (non-hydrogen) atoms. The van der Waals surface area contributed by atoms with Crippen molar-refractivity contribution in [2.75, 3.05) is 13.1 Å². The van der Waals surface area contributed by atoms with Gasteiger partial charge >= 0.3 is 0 Å². The highest BCUT2D eigenvalue weighted by Crippen LogP contribution is 2.49. The number of carbonyl (C=O) groups excluding carboxylic acids is 1. The highest BCUT2D eigenvalue weighted by molar-refractivity contribution is 9.10. The lowest BCUT2D eigenvalue weighted by Gasteiger charge is -2.36. The van der Waals surface area contributed by atoms with Gasteiger partial charge in [-0.3, -0.25) is 9.89 Å². The van der Waals surface area contributed by atoms with E-state index >= 15 is 0 Å². The molecule has 1 unspecified atom stereocenters. The van der Waals surface area contributed by atoms with Crippen molar-refractivity contribution in [3.8, 4) is 11.4 Å². The van der Waals surface area contributed by atoms with Gasteiger partial charge in [0.05, 0.1) is 11.2 Å². The first-order valence-electron chi connectivity index (χ1n) is 12.3. The quantitative estimate of drug-likeness (QED) is 0.364. The molecule has 0 saturated carbocycles. The Morgan fingerprint density at radius 1 is 1.14 bits per heavy atom. The Morgan fingerprint density at radius 2 is 1.91 bits per heavy atom. The minimum atomic E-state index is -0.454. The van der Waals surface area contributed by atoms with Crippen LogP contribution >= 0.6 is 15.9 Å². The van der Waals surface area contributed by atoms with Crippen LogP contribution in [0.3, 0.4) is 0 Å². The molecule has 1 fully saturated rings. The molecule has 1 atom stereocenters. The van der Waals surface area contributed by atoms with Gasteiger partial charge in [-0.25, -0.2) is 4.98 Å². The molecule has 2 aliphatic rings. The van der Waals surface area contributed by atoms with Crippen LogP contribution in [0.1, 0.15) is 54.1 Å². The predicted molar refractivity (Wildman–Crippen MR) is 139 cm³/mol. The first kappa shape index (κ1) is 22.3. The summed E-state index contributed by atoms with van der Waals surface area (Å²) >= 11 is 3.58. The number of fused-ring (bicyclic) bond motifs is 3. The molecule has 6 rings (SSSR count). The van der Waals surface area contributed by atoms with E-state index in [0.717, 1.165) is 47.5 Å². The number of amides is 1. The Kier molecular flexibility index (Phi) is 5.60. The van der Waals surface area contributed by atoms with Crippen molar-refractivity contribution >= 4 is 21.8 Å². The fourth-order valence-electron chi connectivity index (χ4n) is 5.94. The zero-order valence-electron chi connectivity index (χ0n) is 19.7. The Labute approximate surface area is 213 Å². The fraction of sp³-hybridized carbons (Fsp3) is 0.321. The van der Waals surface area contributed by atoms with E-state index in [1.54, 1.807) is 0 Å². The van der Waals surface area contributed by atoms with Gasteiger partial charge < -0.3 is 9.47 Å². The van der Waals surface area contributed by atoms with Crippen molar-refractivity contribution in [3.63, 3.8) is 0 Å². The predicted octanol–water partition coefficient (Wildman–Crippen LogP) is 5.64. The molecular formula is C28H28BrN5O. The lowest BCUT2D eigenvalue weighted by molar-refractivity contribution is -0.132. The second-order valence-electron chi connectivity index (χ2n) is 9.65. The number of nitrogens with one attached hydrogen (secondary N) is 1. The first-order valence-corrected chi connectivity index (χ1v) is 13.0. The van der Waals surface area contributed by atoms with Crippen LogP contribution in [0.5, 0.6) is 0 Å². The molecule has 1 amide bonds. The van der Waals surface area contributed by atoms with Crippen LogP contribution < -0.4 is 0 Å². The summed E-state index contributed by atoms with van der Waals surface area (Å²) in [6, 6.07) is 19.1. The third-order valence-corrected chi connectivity index (χ3v) is 8.23. The molecule has 6 nitrogen and oxygen atoms in total. The first-order chi connectivity index (χ1) is 17.1. The van der Waals surface area contributed by atoms with Crippen molar-refractivity contribution in [1.82, 2.24) is 24.6 Å². The molecule has 0 radical (unpaired) electrons. The minimum Gasteiger partial charge on any atom is -0.343 e. The van der Waals surface area contributed by atoms with Crippen LogP contribution in [0, 0.1) is 6.92 Å². The molecule has 2 aliphatic heterocycles. The number of imidazole rings is 1. The van der Waals surface area contributed by atoms with Gasteiger partial charge in [0.25, 0.3) is 0 Å². The van der Waals surface area contributed by atoms with Crippen molar-refractivity contribution in [2.24, 2.45) is 0 Å². The zero-order valence-corrected chi connectivity index (χ0v) is 21.3. The van der Waals surface area contributed by atoms with Crippen LogP contribution in [0.15, 0.2) is 71.5 Å². The summed E-state index contributed by atoms with van der Waals surface area (Å²) in [5, 5.41) is 7.44. The van der Waals surface area contributed by atoms with Gasteiger partial charge in [0, 0.05) is 53.6 Å². The average molecular weight is 530 g/mol. The summed E-state index contributed by atoms with van der Waals surface area (Å²) in [6.07, 6.45) is 7.03. The SMILES string of the molecule is Cc1cc(C2CCN(C(=O)CCC3(c4ccc(Br)cc4)c4ccccc4-c4nccn43)CC2)[nH]n1. The van der Waals surface area contributed by atoms with Gasteiger partial charge in [0.15, 0.2) is 0 Å². The molecule has 178 valence electrons. The monoisotopic (exact) mass is 529 g/mol. The number of carbonyl (C=O) groups is 1. The summed E-state index contributed by atoms with van der Waals surface area (Å²) in [5.41, 5.74) is 5.29. The van der Waals surface area contributed by atoms with E-state index in [-0.39, 0.29) is 5.91 Å². The zero-order chi connectivity index (χ0) is 24.0. The molecule has 0 bridgehead atoms. The number of halogens is 1. The Balaban J connectivity index is 1.26. The Hall–Kier alpha value is -3.19. The number of hydrogen-bond acceptors (Lipinski definition) is 3. The maximum Gasteiger partial charge on any atom is 0.222 e. The van der Waals surface area contributed by atoms with Crippen LogP contribution in [0.25, 0.3) is 11.4 Å². The van der Waals surface area contributed by atoms with Crippen LogP contribution in [0.2, 0.25) is 0 Å². The second kappa shape index (κ2) is 8.79. The number of aromatic amines is 1. The molecule has 7 heteroatoms. The number of hydrogen-bond donors (Lipinski definition) is 1. The van der Waals surface area contributed by atoms with E-state index in [0.29, 0.717) is 18.8 Å². The average Bonchev–Trinajstić information content (AvgIpc) is 3.60. The Bertz CT molecular complexity index is 1370. The minimum absolute atomic E-state index is 0.228. The Morgan fingerprint density at radius 3 is 2.66 bits per heavy atom. The topological polar surface area (TPSA) is 66.8 Å². The maximum atomic E-state index is 13.5. The van der Waals surface area contributed by atoms with Gasteiger partial charge in [-0.05, 0) is 55.5 Å². The number of H-pyrrole nitrogens is 1. The van der Waals surface area contributed by atoms with E-state index in [2.05, 4.69) is 96.5 Å². The number of piperidine rings is 1. The van der Waals surface area contributed by atoms with Gasteiger partial charge in [-0.1, -0.05) is 52.3 Å². The molecule has 2 aromatic heterocycles. The van der Waals surface area contributed by atoms with Gasteiger partial charge in [0.1, 0.15) is 5.82 Å². The van der Waals surface area contributed by atoms with Crippen molar-refractivity contribution in [3.05, 3.63) is 94.0 Å². The molecule has 0 spiro atoms. The third-order valence-electron chi connectivity index (χ3n) is 7.70. The molecule has 1 N–H and O–H groups in total. The smallest absolute Gasteiger partial charge is 0.222 e. The van der Waals surface area contributed by atoms with E-state index in [9.17, 15) is 4.79 Å². The number of aromatic nitrogens is 4. The summed E-state index contributed by atoms with van der Waals surface area (Å²) in [7, 11) is 0. The summed E-state index contributed by atoms with van der Waals surface area (Å²) in [6.45, 7) is 3.59. The molecule has 1 saturated heterocycles. The summed E-state index contributed by atoms with van der Waals surface area (Å²) < 4.78 is 3.31. The highest BCUT2D eigenvalue weighted by atomic mass is 79.9. The largest absolute Gasteiger partial charge is 0.343 e. The van der Waals surface area contributed by atoms with Crippen molar-refractivity contribution in [2.45, 2.75) is 44.1 Å². The van der Waals surface area contributed by atoms with Gasteiger partial charge in [0.2, 0.25) is 5.91 Å². The molecule has 2 aromatic carbocycles. The van der Waals surface area contributed by atoms with E-state index < -0.39 is 5.54 Å². The number of rotatable bonds is 5. The van der Waals surface area contributed by atoms with E-state index in [1.165, 1.54) is 16.8 Å². The fourth-order valence-corrected chi connectivity index (χ4v) is 6.20. The number of nitrogens with zero attached hydrogens (tertiary/aromatic N) is 4. The van der Waals surface area contributed by atoms with Crippen LogP contribution in [-0.2, 0) is 10.3 Å². The summed E-state index contributed by atoms with van der Waals surface area (Å²) in [4.78, 5) is 20.2. The van der Waals surface area contributed by atoms with E-state index in [1.807, 2.05) is 18.0 Å². The normalized spacial score (nSPS) is 19.5. The van der Waals surface area contributed by atoms with Gasteiger partial charge in [-0.15, -0.1) is 0 Å². The van der Waals surface area contributed by atoms with Crippen LogP contribution in [-0.4, -0.2) is 43.6 Å². The molecular weight excluding hydrogens is 502 g/mol. The lowest BCUT2D eigenvalue weighted by atomic mass is 9.79. The van der Waals surface area contributed by atoms with Crippen LogP contribution in [0.4, 0.5) is 0 Å². The second-order valence-corrected chi connectivity index (χ2v) is 10.6. The van der Waals surface area contributed by atoms with Crippen molar-refractivity contribution < 1.29 is 4.79 Å². The highest BCUT2D eigenvalue weighted by Gasteiger charge is 2.45. The third kappa shape index (κ3) is 3.73. The lowest BCUT2D eigenvalue weighted by Crippen LogP contribution is -2.40. The molecule has 0 aliphatic carbocycles. The molecule has 4 heterocycles. The number of benzene rings is 2. The number of likely N-dealkylation sites (tertiary alicyclic amines) is 1. The standard InChI is InChI=1S/C28H28BrN5O/c1-19-18-25(32-31-19)20-11-15-33(16-12-20)26(35)10-13-28(21-6-8-22(29)9-7-21)24-5-3-2-4-23(24)27-30-14-17-34(27)28/h2-9,14,17-18,20H,10-13,15-16H2,1H3,(H,31,32). The maximum absolute atomic E-state index is 13.5.